The van der Waals surface area contributed by atoms with E-state index in [0.717, 1.165) is 25.7 Å². The van der Waals surface area contributed by atoms with Gasteiger partial charge in [-0.25, -0.2) is 0 Å². The Morgan fingerprint density at radius 3 is 2.84 bits per heavy atom. The monoisotopic (exact) mass is 266 g/mol. The van der Waals surface area contributed by atoms with Crippen molar-refractivity contribution in [2.45, 2.75) is 58.7 Å². The summed E-state index contributed by atoms with van der Waals surface area (Å²) in [6, 6.07) is 0. The third-order valence-corrected chi connectivity index (χ3v) is 5.39. The van der Waals surface area contributed by atoms with E-state index >= 15 is 0 Å². The second-order valence-electron chi connectivity index (χ2n) is 6.85. The molecule has 0 spiro atoms. The van der Waals surface area contributed by atoms with Crippen LogP contribution in [-0.2, 0) is 19.1 Å². The van der Waals surface area contributed by atoms with Crippen molar-refractivity contribution in [3.05, 3.63) is 0 Å². The van der Waals surface area contributed by atoms with Gasteiger partial charge in [0.1, 0.15) is 12.2 Å². The Balaban J connectivity index is 1.76. The number of rotatable bonds is 3. The van der Waals surface area contributed by atoms with Crippen molar-refractivity contribution >= 4 is 11.9 Å². The van der Waals surface area contributed by atoms with Crippen molar-refractivity contribution in [2.24, 2.45) is 23.2 Å². The zero-order valence-corrected chi connectivity index (χ0v) is 11.8. The molecule has 4 aliphatic rings. The molecular weight excluding hydrogens is 244 g/mol. The minimum absolute atomic E-state index is 0.0675. The molecule has 0 aromatic carbocycles. The average Bonchev–Trinajstić information content (AvgIpc) is 2.67. The predicted molar refractivity (Wildman–Crippen MR) is 68.2 cm³/mol. The van der Waals surface area contributed by atoms with E-state index in [9.17, 15) is 9.59 Å². The van der Waals surface area contributed by atoms with E-state index in [0.29, 0.717) is 5.92 Å². The number of hydrogen-bond donors (Lipinski definition) is 0. The number of ether oxygens (including phenoxy) is 2. The quantitative estimate of drug-likeness (QED) is 0.736. The number of esters is 2. The molecule has 3 aliphatic carbocycles. The fraction of sp³-hybridized carbons (Fsp3) is 0.867. The maximum atomic E-state index is 12.2. The summed E-state index contributed by atoms with van der Waals surface area (Å²) in [5, 5.41) is 0. The molecule has 4 rings (SSSR count). The highest BCUT2D eigenvalue weighted by atomic mass is 16.6. The molecule has 0 amide bonds. The molecule has 19 heavy (non-hydrogen) atoms. The Morgan fingerprint density at radius 2 is 2.16 bits per heavy atom. The van der Waals surface area contributed by atoms with Crippen molar-refractivity contribution in [2.75, 3.05) is 0 Å². The lowest BCUT2D eigenvalue weighted by atomic mass is 9.63. The molecule has 5 atom stereocenters. The molecule has 4 bridgehead atoms. The maximum Gasteiger partial charge on any atom is 0.311 e. The Morgan fingerprint density at radius 1 is 1.42 bits per heavy atom. The Labute approximate surface area is 113 Å². The molecule has 1 saturated heterocycles. The summed E-state index contributed by atoms with van der Waals surface area (Å²) in [5.74, 6) is 0.418. The molecule has 4 nitrogen and oxygen atoms in total. The minimum atomic E-state index is -0.460. The number of hydrogen-bond acceptors (Lipinski definition) is 4. The molecule has 106 valence electrons. The average molecular weight is 266 g/mol. The molecule has 0 aromatic heterocycles. The number of carbonyl (C=O) groups is 2. The van der Waals surface area contributed by atoms with Crippen LogP contribution in [0.1, 0.15) is 46.5 Å². The zero-order chi connectivity index (χ0) is 13.8. The first-order chi connectivity index (χ1) is 8.94. The molecule has 4 heteroatoms. The SMILES string of the molecule is CCC(C)(C)C(=O)OC1C2CCC3C(C2)C(=O)OC31. The molecule has 5 unspecified atom stereocenters. The largest absolute Gasteiger partial charge is 0.458 e. The smallest absolute Gasteiger partial charge is 0.311 e. The van der Waals surface area contributed by atoms with E-state index in [1.165, 1.54) is 0 Å². The lowest BCUT2D eigenvalue weighted by Gasteiger charge is -2.44. The van der Waals surface area contributed by atoms with Crippen LogP contribution >= 0.6 is 0 Å². The molecule has 3 saturated carbocycles. The summed E-state index contributed by atoms with van der Waals surface area (Å²) in [7, 11) is 0. The summed E-state index contributed by atoms with van der Waals surface area (Å²) < 4.78 is 11.2. The maximum absolute atomic E-state index is 12.2. The fourth-order valence-corrected chi connectivity index (χ4v) is 3.67. The topological polar surface area (TPSA) is 52.6 Å². The van der Waals surface area contributed by atoms with Crippen LogP contribution < -0.4 is 0 Å². The zero-order valence-electron chi connectivity index (χ0n) is 11.8. The highest BCUT2D eigenvalue weighted by molar-refractivity contribution is 5.78. The van der Waals surface area contributed by atoms with Crippen LogP contribution in [0.4, 0.5) is 0 Å². The highest BCUT2D eigenvalue weighted by Gasteiger charge is 2.59. The van der Waals surface area contributed by atoms with Crippen LogP contribution in [0.5, 0.6) is 0 Å². The van der Waals surface area contributed by atoms with E-state index in [4.69, 9.17) is 9.47 Å². The summed E-state index contributed by atoms with van der Waals surface area (Å²) in [6.45, 7) is 5.79. The van der Waals surface area contributed by atoms with Gasteiger partial charge in [-0.05, 0) is 39.5 Å². The standard InChI is InChI=1S/C15H22O4/c1-4-15(2,3)14(17)19-11-8-5-6-9-10(7-8)13(16)18-12(9)11/h8-12H,4-7H2,1-3H3. The van der Waals surface area contributed by atoms with E-state index in [1.807, 2.05) is 20.8 Å². The van der Waals surface area contributed by atoms with E-state index < -0.39 is 5.41 Å². The molecule has 0 radical (unpaired) electrons. The highest BCUT2D eigenvalue weighted by Crippen LogP contribution is 2.52. The van der Waals surface area contributed by atoms with Gasteiger partial charge in [-0.2, -0.15) is 0 Å². The molecular formula is C15H22O4. The van der Waals surface area contributed by atoms with Gasteiger partial charge in [0.25, 0.3) is 0 Å². The Hall–Kier alpha value is -1.06. The van der Waals surface area contributed by atoms with Gasteiger partial charge < -0.3 is 9.47 Å². The van der Waals surface area contributed by atoms with Crippen molar-refractivity contribution < 1.29 is 19.1 Å². The van der Waals surface area contributed by atoms with Crippen LogP contribution in [0.2, 0.25) is 0 Å². The second kappa shape index (κ2) is 4.22. The molecule has 0 aromatic rings. The lowest BCUT2D eigenvalue weighted by molar-refractivity contribution is -0.181. The minimum Gasteiger partial charge on any atom is -0.458 e. The van der Waals surface area contributed by atoms with E-state index in [1.54, 1.807) is 0 Å². The first-order valence-corrected chi connectivity index (χ1v) is 7.35. The van der Waals surface area contributed by atoms with Crippen molar-refractivity contribution in [1.29, 1.82) is 0 Å². The third kappa shape index (κ3) is 1.87. The predicted octanol–water partition coefficient (Wildman–Crippen LogP) is 2.31. The first-order valence-electron chi connectivity index (χ1n) is 7.35. The third-order valence-electron chi connectivity index (χ3n) is 5.39. The van der Waals surface area contributed by atoms with E-state index in [2.05, 4.69) is 0 Å². The molecule has 1 heterocycles. The Bertz CT molecular complexity index is 414. The van der Waals surface area contributed by atoms with Crippen LogP contribution in [0, 0.1) is 23.2 Å². The van der Waals surface area contributed by atoms with Gasteiger partial charge in [0, 0.05) is 11.8 Å². The van der Waals surface area contributed by atoms with Gasteiger partial charge in [-0.15, -0.1) is 0 Å². The van der Waals surface area contributed by atoms with Crippen LogP contribution in [-0.4, -0.2) is 24.1 Å². The lowest BCUT2D eigenvalue weighted by Crippen LogP contribution is -2.51. The van der Waals surface area contributed by atoms with Crippen molar-refractivity contribution in [3.63, 3.8) is 0 Å². The van der Waals surface area contributed by atoms with Gasteiger partial charge in [0.05, 0.1) is 11.3 Å². The van der Waals surface area contributed by atoms with Crippen molar-refractivity contribution in [1.82, 2.24) is 0 Å². The number of fused-ring (bicyclic) bond motifs is 1. The molecule has 0 N–H and O–H groups in total. The van der Waals surface area contributed by atoms with Crippen LogP contribution in [0.25, 0.3) is 0 Å². The molecule has 4 fully saturated rings. The summed E-state index contributed by atoms with van der Waals surface area (Å²) >= 11 is 0. The first kappa shape index (κ1) is 12.9. The van der Waals surface area contributed by atoms with Gasteiger partial charge in [0.2, 0.25) is 0 Å². The summed E-state index contributed by atoms with van der Waals surface area (Å²) in [5.41, 5.74) is -0.460. The number of carbonyl (C=O) groups excluding carboxylic acids is 2. The van der Waals surface area contributed by atoms with Gasteiger partial charge in [-0.3, -0.25) is 9.59 Å². The van der Waals surface area contributed by atoms with Crippen molar-refractivity contribution in [3.8, 4) is 0 Å². The van der Waals surface area contributed by atoms with Crippen LogP contribution in [0.15, 0.2) is 0 Å². The molecule has 1 aliphatic heterocycles. The van der Waals surface area contributed by atoms with Gasteiger partial charge in [-0.1, -0.05) is 6.92 Å². The second-order valence-corrected chi connectivity index (χ2v) is 6.85. The van der Waals surface area contributed by atoms with Gasteiger partial charge >= 0.3 is 11.9 Å². The normalized spacial score (nSPS) is 40.2. The van der Waals surface area contributed by atoms with E-state index in [-0.39, 0.29) is 36.0 Å². The summed E-state index contributed by atoms with van der Waals surface area (Å²) in [6.07, 6.45) is 3.29. The Kier molecular flexibility index (Phi) is 2.88. The van der Waals surface area contributed by atoms with Gasteiger partial charge in [0.15, 0.2) is 0 Å². The van der Waals surface area contributed by atoms with Crippen LogP contribution in [0.3, 0.4) is 0 Å². The summed E-state index contributed by atoms with van der Waals surface area (Å²) in [4.78, 5) is 24.0. The fourth-order valence-electron chi connectivity index (χ4n) is 3.67.